The van der Waals surface area contributed by atoms with Gasteiger partial charge in [-0.05, 0) is 64.0 Å². The molecule has 0 spiro atoms. The van der Waals surface area contributed by atoms with Gasteiger partial charge in [0.05, 0.1) is 11.3 Å². The lowest BCUT2D eigenvalue weighted by molar-refractivity contribution is 0.0694. The molecule has 156 valence electrons. The second-order valence-electron chi connectivity index (χ2n) is 6.32. The lowest BCUT2D eigenvalue weighted by Gasteiger charge is -2.15. The highest BCUT2D eigenvalue weighted by molar-refractivity contribution is 14.1. The molecule has 0 aliphatic rings. The molecule has 0 amide bonds. The Morgan fingerprint density at radius 2 is 1.80 bits per heavy atom. The molecule has 1 aromatic heterocycles. The van der Waals surface area contributed by atoms with E-state index in [1.807, 2.05) is 22.6 Å². The maximum atomic E-state index is 14.7. The van der Waals surface area contributed by atoms with Crippen molar-refractivity contribution < 1.29 is 27.5 Å². The standard InChI is InChI=1S/C20H14F4IN3O2/c21-14-7-11(25)1-2-15(14)28-8-13-12(20(29)30)6-10(16(22)18(13)24)5-9-3-4-27-19(26)17(9)23/h1-4,6-7,28H,5,8H2,(H2,26,27)(H,29,30). The zero-order valence-electron chi connectivity index (χ0n) is 15.1. The number of hydrogen-bond acceptors (Lipinski definition) is 4. The van der Waals surface area contributed by atoms with Crippen molar-refractivity contribution in [3.05, 3.63) is 85.6 Å². The molecule has 0 saturated heterocycles. The predicted molar refractivity (Wildman–Crippen MR) is 111 cm³/mol. The second-order valence-corrected chi connectivity index (χ2v) is 7.56. The molecule has 4 N–H and O–H groups in total. The first-order chi connectivity index (χ1) is 14.2. The van der Waals surface area contributed by atoms with E-state index >= 15 is 0 Å². The molecule has 1 heterocycles. The number of pyridine rings is 1. The Morgan fingerprint density at radius 3 is 2.47 bits per heavy atom. The molecule has 30 heavy (non-hydrogen) atoms. The van der Waals surface area contributed by atoms with Gasteiger partial charge >= 0.3 is 5.97 Å². The molecular formula is C20H14F4IN3O2. The van der Waals surface area contributed by atoms with Gasteiger partial charge in [0.25, 0.3) is 0 Å². The molecule has 0 fully saturated rings. The van der Waals surface area contributed by atoms with Crippen molar-refractivity contribution in [1.82, 2.24) is 4.98 Å². The van der Waals surface area contributed by atoms with E-state index in [4.69, 9.17) is 5.73 Å². The van der Waals surface area contributed by atoms with Gasteiger partial charge in [0, 0.05) is 28.3 Å². The van der Waals surface area contributed by atoms with Crippen LogP contribution in [0.5, 0.6) is 0 Å². The third-order valence-corrected chi connectivity index (χ3v) is 5.05. The first-order valence-corrected chi connectivity index (χ1v) is 9.57. The Kier molecular flexibility index (Phi) is 6.44. The molecule has 2 aromatic carbocycles. The maximum Gasteiger partial charge on any atom is 0.336 e. The summed E-state index contributed by atoms with van der Waals surface area (Å²) in [5.74, 6) is -6.17. The molecule has 0 bridgehead atoms. The number of carboxylic acids is 1. The van der Waals surface area contributed by atoms with Crippen LogP contribution in [0.25, 0.3) is 0 Å². The fraction of sp³-hybridized carbons (Fsp3) is 0.100. The van der Waals surface area contributed by atoms with Crippen molar-refractivity contribution in [1.29, 1.82) is 0 Å². The number of hydrogen-bond donors (Lipinski definition) is 3. The van der Waals surface area contributed by atoms with Crippen molar-refractivity contribution >= 4 is 40.1 Å². The van der Waals surface area contributed by atoms with E-state index in [1.54, 1.807) is 6.07 Å². The van der Waals surface area contributed by atoms with E-state index < -0.39 is 59.1 Å². The average Bonchev–Trinajstić information content (AvgIpc) is 2.69. The number of nitrogen functional groups attached to an aromatic ring is 1. The molecule has 0 atom stereocenters. The Hall–Kier alpha value is -2.89. The average molecular weight is 531 g/mol. The lowest BCUT2D eigenvalue weighted by atomic mass is 9.97. The molecule has 0 unspecified atom stereocenters. The summed E-state index contributed by atoms with van der Waals surface area (Å²) in [6.07, 6.45) is 0.773. The van der Waals surface area contributed by atoms with E-state index in [2.05, 4.69) is 10.3 Å². The minimum atomic E-state index is -1.51. The Morgan fingerprint density at radius 1 is 1.07 bits per heavy atom. The number of carbonyl (C=O) groups is 1. The Bertz CT molecular complexity index is 1140. The van der Waals surface area contributed by atoms with Crippen molar-refractivity contribution in [3.8, 4) is 0 Å². The highest BCUT2D eigenvalue weighted by Gasteiger charge is 2.23. The predicted octanol–water partition coefficient (Wildman–Crippen LogP) is 4.73. The van der Waals surface area contributed by atoms with Gasteiger partial charge in [0.2, 0.25) is 0 Å². The number of nitrogens with one attached hydrogen (secondary N) is 1. The summed E-state index contributed by atoms with van der Waals surface area (Å²) in [6.45, 7) is -0.473. The van der Waals surface area contributed by atoms with Crippen molar-refractivity contribution in [2.24, 2.45) is 0 Å². The normalized spacial score (nSPS) is 10.8. The fourth-order valence-electron chi connectivity index (χ4n) is 2.87. The summed E-state index contributed by atoms with van der Waals surface area (Å²) in [4.78, 5) is 15.2. The van der Waals surface area contributed by atoms with Gasteiger partial charge < -0.3 is 16.2 Å². The number of benzene rings is 2. The third kappa shape index (κ3) is 4.48. The maximum absolute atomic E-state index is 14.7. The largest absolute Gasteiger partial charge is 0.478 e. The molecule has 10 heteroatoms. The third-order valence-electron chi connectivity index (χ3n) is 4.38. The topological polar surface area (TPSA) is 88.2 Å². The molecule has 0 aliphatic carbocycles. The van der Waals surface area contributed by atoms with Crippen LogP contribution >= 0.6 is 22.6 Å². The van der Waals surface area contributed by atoms with E-state index in [0.29, 0.717) is 3.57 Å². The molecular weight excluding hydrogens is 517 g/mol. The van der Waals surface area contributed by atoms with Gasteiger partial charge in [0.1, 0.15) is 5.82 Å². The monoisotopic (exact) mass is 531 g/mol. The summed E-state index contributed by atoms with van der Waals surface area (Å²) in [7, 11) is 0. The first-order valence-electron chi connectivity index (χ1n) is 8.49. The SMILES string of the molecule is Nc1nccc(Cc2cc(C(=O)O)c(CNc3ccc(I)cc3F)c(F)c2F)c1F. The number of anilines is 2. The smallest absolute Gasteiger partial charge is 0.336 e. The quantitative estimate of drug-likeness (QED) is 0.317. The fourth-order valence-corrected chi connectivity index (χ4v) is 3.32. The van der Waals surface area contributed by atoms with E-state index in [0.717, 1.165) is 6.07 Å². The number of nitrogens with two attached hydrogens (primary N) is 1. The van der Waals surface area contributed by atoms with Crippen molar-refractivity contribution in [3.63, 3.8) is 0 Å². The van der Waals surface area contributed by atoms with Crippen LogP contribution in [0.4, 0.5) is 29.1 Å². The molecule has 5 nitrogen and oxygen atoms in total. The van der Waals surface area contributed by atoms with Crippen LogP contribution in [0, 0.1) is 26.8 Å². The summed E-state index contributed by atoms with van der Waals surface area (Å²) >= 11 is 1.91. The molecule has 3 aromatic rings. The first kappa shape index (κ1) is 21.8. The number of aromatic nitrogens is 1. The number of aromatic carboxylic acids is 1. The highest BCUT2D eigenvalue weighted by Crippen LogP contribution is 2.26. The number of rotatable bonds is 6. The van der Waals surface area contributed by atoms with Crippen molar-refractivity contribution in [2.75, 3.05) is 11.1 Å². The van der Waals surface area contributed by atoms with Crippen LogP contribution < -0.4 is 11.1 Å². The van der Waals surface area contributed by atoms with Gasteiger partial charge in [-0.25, -0.2) is 27.3 Å². The minimum Gasteiger partial charge on any atom is -0.478 e. The van der Waals surface area contributed by atoms with Crippen LogP contribution in [0.2, 0.25) is 0 Å². The molecule has 0 saturated carbocycles. The number of nitrogens with zero attached hydrogens (tertiary/aromatic N) is 1. The zero-order valence-corrected chi connectivity index (χ0v) is 17.3. The number of halogens is 5. The molecule has 0 radical (unpaired) electrons. The number of carboxylic acid groups (broad SMARTS) is 1. The van der Waals surface area contributed by atoms with Crippen LogP contribution in [0.3, 0.4) is 0 Å². The minimum absolute atomic E-state index is 0.00460. The lowest BCUT2D eigenvalue weighted by Crippen LogP contribution is -2.14. The molecule has 3 rings (SSSR count). The van der Waals surface area contributed by atoms with E-state index in [9.17, 15) is 27.5 Å². The van der Waals surface area contributed by atoms with Gasteiger partial charge in [0.15, 0.2) is 23.3 Å². The second kappa shape index (κ2) is 8.86. The van der Waals surface area contributed by atoms with Gasteiger partial charge in [-0.2, -0.15) is 0 Å². The van der Waals surface area contributed by atoms with Crippen LogP contribution in [-0.2, 0) is 13.0 Å². The van der Waals surface area contributed by atoms with Crippen molar-refractivity contribution in [2.45, 2.75) is 13.0 Å². The van der Waals surface area contributed by atoms with Gasteiger partial charge in [-0.3, -0.25) is 0 Å². The summed E-state index contributed by atoms with van der Waals surface area (Å²) in [5, 5.41) is 12.0. The molecule has 0 aliphatic heterocycles. The van der Waals surface area contributed by atoms with Crippen LogP contribution in [-0.4, -0.2) is 16.1 Å². The van der Waals surface area contributed by atoms with Gasteiger partial charge in [-0.15, -0.1) is 0 Å². The Balaban J connectivity index is 1.97. The van der Waals surface area contributed by atoms with Crippen LogP contribution in [0.15, 0.2) is 36.5 Å². The Labute approximate surface area is 182 Å². The summed E-state index contributed by atoms with van der Waals surface area (Å²) in [6, 6.07) is 6.39. The van der Waals surface area contributed by atoms with Crippen LogP contribution in [0.1, 0.15) is 27.0 Å². The zero-order chi connectivity index (χ0) is 22.0. The summed E-state index contributed by atoms with van der Waals surface area (Å²) in [5.41, 5.74) is 3.94. The van der Waals surface area contributed by atoms with E-state index in [-0.39, 0.29) is 16.8 Å². The highest BCUT2D eigenvalue weighted by atomic mass is 127. The summed E-state index contributed by atoms with van der Waals surface area (Å²) < 4.78 is 58.0. The van der Waals surface area contributed by atoms with Gasteiger partial charge in [-0.1, -0.05) is 0 Å². The van der Waals surface area contributed by atoms with E-state index in [1.165, 1.54) is 24.4 Å².